The van der Waals surface area contributed by atoms with Crippen LogP contribution in [0.5, 0.6) is 0 Å². The monoisotopic (exact) mass is 489 g/mol. The first-order valence-electron chi connectivity index (χ1n) is 12.0. The van der Waals surface area contributed by atoms with Crippen molar-refractivity contribution in [1.29, 1.82) is 0 Å². The van der Waals surface area contributed by atoms with Crippen molar-refractivity contribution in [3.63, 3.8) is 0 Å². The number of oxazole rings is 1. The number of benzene rings is 1. The number of aromatic nitrogens is 4. The molecule has 0 radical (unpaired) electrons. The largest absolute Gasteiger partial charge is 0.419 e. The fourth-order valence-electron chi connectivity index (χ4n) is 5.61. The summed E-state index contributed by atoms with van der Waals surface area (Å²) in [4.78, 5) is 44.6. The van der Waals surface area contributed by atoms with Crippen molar-refractivity contribution in [3.8, 4) is 0 Å². The SMILES string of the molecule is CN1CC2CCC2(CNC(=O)c2cc(C(=O)NCc3ccc4oc(=O)n(C)c4c3)nc3ccnn23)C1. The Morgan fingerprint density at radius 2 is 2.03 bits per heavy atom. The third kappa shape index (κ3) is 3.67. The van der Waals surface area contributed by atoms with E-state index in [9.17, 15) is 14.4 Å². The summed E-state index contributed by atoms with van der Waals surface area (Å²) in [6.45, 7) is 2.88. The second kappa shape index (κ2) is 8.30. The molecule has 186 valence electrons. The van der Waals surface area contributed by atoms with E-state index >= 15 is 0 Å². The molecule has 2 fully saturated rings. The van der Waals surface area contributed by atoms with Gasteiger partial charge in [0.2, 0.25) is 0 Å². The van der Waals surface area contributed by atoms with Gasteiger partial charge < -0.3 is 20.0 Å². The molecule has 1 aliphatic carbocycles. The average Bonchev–Trinajstić information content (AvgIpc) is 3.51. The topological polar surface area (TPSA) is 127 Å². The van der Waals surface area contributed by atoms with Gasteiger partial charge in [-0.25, -0.2) is 14.3 Å². The van der Waals surface area contributed by atoms with E-state index < -0.39 is 11.7 Å². The van der Waals surface area contributed by atoms with Crippen LogP contribution in [-0.2, 0) is 13.6 Å². The second-order valence-electron chi connectivity index (χ2n) is 10.0. The predicted molar refractivity (Wildman–Crippen MR) is 131 cm³/mol. The number of nitrogens with zero attached hydrogens (tertiary/aromatic N) is 5. The molecule has 4 heterocycles. The lowest BCUT2D eigenvalue weighted by Crippen LogP contribution is -2.48. The normalized spacial score (nSPS) is 21.4. The quantitative estimate of drug-likeness (QED) is 0.416. The van der Waals surface area contributed by atoms with Crippen molar-refractivity contribution < 1.29 is 14.0 Å². The standard InChI is InChI=1S/C25H27N7O4/c1-30-12-16-5-7-25(16,14-30)13-27-23(34)19-10-17(29-21-6-8-28-32(19)21)22(33)26-11-15-3-4-20-18(9-15)31(2)24(35)36-20/h3-4,6,8-10,16H,5,7,11-14H2,1-2H3,(H,26,33)(H,27,34). The van der Waals surface area contributed by atoms with E-state index in [1.807, 2.05) is 0 Å². The second-order valence-corrected chi connectivity index (χ2v) is 10.0. The molecule has 6 rings (SSSR count). The highest BCUT2D eigenvalue weighted by molar-refractivity contribution is 5.98. The van der Waals surface area contributed by atoms with Gasteiger partial charge in [-0.15, -0.1) is 0 Å². The number of hydrogen-bond acceptors (Lipinski definition) is 7. The van der Waals surface area contributed by atoms with Crippen LogP contribution in [0, 0.1) is 11.3 Å². The Morgan fingerprint density at radius 3 is 2.81 bits per heavy atom. The van der Waals surface area contributed by atoms with Crippen molar-refractivity contribution in [2.24, 2.45) is 18.4 Å². The molecule has 2 atom stereocenters. The lowest BCUT2D eigenvalue weighted by molar-refractivity contribution is 0.0707. The summed E-state index contributed by atoms with van der Waals surface area (Å²) in [5.41, 5.74) is 2.88. The Kier molecular flexibility index (Phi) is 5.18. The molecule has 0 spiro atoms. The van der Waals surface area contributed by atoms with Crippen LogP contribution in [0.1, 0.15) is 39.4 Å². The molecule has 2 unspecified atom stereocenters. The average molecular weight is 490 g/mol. The maximum Gasteiger partial charge on any atom is 0.419 e. The van der Waals surface area contributed by atoms with Crippen LogP contribution < -0.4 is 16.4 Å². The van der Waals surface area contributed by atoms with Crippen molar-refractivity contribution in [2.45, 2.75) is 19.4 Å². The highest BCUT2D eigenvalue weighted by Crippen LogP contribution is 2.51. The number of carbonyl (C=O) groups is 2. The number of amides is 2. The highest BCUT2D eigenvalue weighted by atomic mass is 16.4. The number of hydrogen-bond donors (Lipinski definition) is 2. The van der Waals surface area contributed by atoms with Gasteiger partial charge in [0.25, 0.3) is 11.8 Å². The molecule has 1 saturated heterocycles. The number of rotatable bonds is 6. The van der Waals surface area contributed by atoms with Gasteiger partial charge in [0, 0.05) is 50.8 Å². The Bertz CT molecular complexity index is 1570. The summed E-state index contributed by atoms with van der Waals surface area (Å²) >= 11 is 0. The summed E-state index contributed by atoms with van der Waals surface area (Å²) in [6.07, 6.45) is 3.87. The van der Waals surface area contributed by atoms with Gasteiger partial charge in [0.05, 0.1) is 11.7 Å². The number of carbonyl (C=O) groups excluding carboxylic acids is 2. The number of fused-ring (bicyclic) bond motifs is 3. The molecule has 1 saturated carbocycles. The van der Waals surface area contributed by atoms with E-state index in [1.165, 1.54) is 21.6 Å². The Labute approximate surface area is 206 Å². The zero-order valence-electron chi connectivity index (χ0n) is 20.2. The van der Waals surface area contributed by atoms with Gasteiger partial charge in [-0.2, -0.15) is 5.10 Å². The summed E-state index contributed by atoms with van der Waals surface area (Å²) in [5, 5.41) is 10.2. The van der Waals surface area contributed by atoms with Crippen LogP contribution >= 0.6 is 0 Å². The molecule has 36 heavy (non-hydrogen) atoms. The first-order chi connectivity index (χ1) is 17.3. The predicted octanol–water partition coefficient (Wildman–Crippen LogP) is 1.18. The van der Waals surface area contributed by atoms with Crippen molar-refractivity contribution in [1.82, 2.24) is 34.7 Å². The van der Waals surface area contributed by atoms with E-state index in [1.54, 1.807) is 37.5 Å². The third-order valence-corrected chi connectivity index (χ3v) is 7.71. The number of aryl methyl sites for hydroxylation is 1. The lowest BCUT2D eigenvalue weighted by atomic mass is 9.62. The zero-order valence-corrected chi connectivity index (χ0v) is 20.2. The maximum atomic E-state index is 13.2. The van der Waals surface area contributed by atoms with Crippen LogP contribution in [0.25, 0.3) is 16.7 Å². The minimum atomic E-state index is -0.442. The lowest BCUT2D eigenvalue weighted by Gasteiger charge is -2.44. The van der Waals surface area contributed by atoms with E-state index in [4.69, 9.17) is 4.42 Å². The van der Waals surface area contributed by atoms with Gasteiger partial charge in [-0.1, -0.05) is 6.07 Å². The molecular weight excluding hydrogens is 462 g/mol. The Hall–Kier alpha value is -3.99. The Balaban J connectivity index is 1.19. The van der Waals surface area contributed by atoms with Gasteiger partial charge >= 0.3 is 5.76 Å². The molecular formula is C25H27N7O4. The van der Waals surface area contributed by atoms with Gasteiger partial charge in [-0.3, -0.25) is 14.2 Å². The maximum absolute atomic E-state index is 13.2. The summed E-state index contributed by atoms with van der Waals surface area (Å²) < 4.78 is 8.02. The molecule has 1 aliphatic heterocycles. The van der Waals surface area contributed by atoms with Crippen LogP contribution in [0.2, 0.25) is 0 Å². The summed E-state index contributed by atoms with van der Waals surface area (Å²) in [6, 6.07) is 8.41. The first-order valence-corrected chi connectivity index (χ1v) is 12.0. The summed E-state index contributed by atoms with van der Waals surface area (Å²) in [7, 11) is 3.75. The van der Waals surface area contributed by atoms with Crippen molar-refractivity contribution >= 4 is 28.6 Å². The first kappa shape index (κ1) is 22.5. The highest BCUT2D eigenvalue weighted by Gasteiger charge is 2.51. The minimum Gasteiger partial charge on any atom is -0.408 e. The van der Waals surface area contributed by atoms with Crippen molar-refractivity contribution in [2.75, 3.05) is 26.7 Å². The third-order valence-electron chi connectivity index (χ3n) is 7.71. The van der Waals surface area contributed by atoms with Crippen molar-refractivity contribution in [3.05, 3.63) is 64.0 Å². The fraction of sp³-hybridized carbons (Fsp3) is 0.400. The van der Waals surface area contributed by atoms with Crippen LogP contribution in [0.3, 0.4) is 0 Å². The van der Waals surface area contributed by atoms with E-state index in [-0.39, 0.29) is 29.3 Å². The van der Waals surface area contributed by atoms with Crippen LogP contribution in [-0.4, -0.2) is 62.6 Å². The summed E-state index contributed by atoms with van der Waals surface area (Å²) in [5.74, 6) is -0.511. The Morgan fingerprint density at radius 1 is 1.17 bits per heavy atom. The molecule has 0 bridgehead atoms. The van der Waals surface area contributed by atoms with Gasteiger partial charge in [0.15, 0.2) is 11.2 Å². The van der Waals surface area contributed by atoms with Crippen LogP contribution in [0.15, 0.2) is 45.7 Å². The van der Waals surface area contributed by atoms with E-state index in [0.29, 0.717) is 29.2 Å². The van der Waals surface area contributed by atoms with Crippen LogP contribution in [0.4, 0.5) is 0 Å². The smallest absolute Gasteiger partial charge is 0.408 e. The van der Waals surface area contributed by atoms with E-state index in [2.05, 4.69) is 32.7 Å². The van der Waals surface area contributed by atoms with Gasteiger partial charge in [0.1, 0.15) is 11.4 Å². The molecule has 3 aromatic heterocycles. The minimum absolute atomic E-state index is 0.130. The molecule has 11 heteroatoms. The molecule has 1 aromatic carbocycles. The number of nitrogens with one attached hydrogen (secondary N) is 2. The molecule has 2 amide bonds. The van der Waals surface area contributed by atoms with Gasteiger partial charge in [-0.05, 0) is 43.5 Å². The molecule has 11 nitrogen and oxygen atoms in total. The molecule has 2 aliphatic rings. The number of likely N-dealkylation sites (tertiary alicyclic amines) is 1. The van der Waals surface area contributed by atoms with E-state index in [0.717, 1.165) is 25.1 Å². The molecule has 4 aromatic rings. The fourth-order valence-corrected chi connectivity index (χ4v) is 5.61. The zero-order chi connectivity index (χ0) is 25.0. The molecule has 2 N–H and O–H groups in total.